The third kappa shape index (κ3) is 4.95. The first-order valence-electron chi connectivity index (χ1n) is 8.54. The number of amides is 1. The summed E-state index contributed by atoms with van der Waals surface area (Å²) in [6, 6.07) is 8.29. The van der Waals surface area contributed by atoms with Crippen molar-refractivity contribution >= 4 is 33.1 Å². The van der Waals surface area contributed by atoms with Gasteiger partial charge in [-0.15, -0.1) is 11.3 Å². The Morgan fingerprint density at radius 1 is 1.30 bits per heavy atom. The Bertz CT molecular complexity index is 964. The molecule has 0 fully saturated rings. The van der Waals surface area contributed by atoms with Crippen molar-refractivity contribution in [2.45, 2.75) is 31.7 Å². The standard InChI is InChI=1S/C19H21NO5S2/c1-13(18(21)20-8-6-17-16(11-20)7-9-26-17)25-19(22)15-5-3-4-14(10-15)12-27(2,23)24/h3-5,7,9-10,13H,6,8,11-12H2,1-2H3. The summed E-state index contributed by atoms with van der Waals surface area (Å²) in [6.45, 7) is 2.70. The lowest BCUT2D eigenvalue weighted by molar-refractivity contribution is -0.140. The van der Waals surface area contributed by atoms with Gasteiger partial charge in [0.05, 0.1) is 11.3 Å². The van der Waals surface area contributed by atoms with Crippen LogP contribution in [0.15, 0.2) is 35.7 Å². The van der Waals surface area contributed by atoms with Crippen LogP contribution < -0.4 is 0 Å². The molecule has 1 unspecified atom stereocenters. The number of hydrogen-bond acceptors (Lipinski definition) is 6. The maximum Gasteiger partial charge on any atom is 0.338 e. The van der Waals surface area contributed by atoms with E-state index in [1.807, 2.05) is 11.4 Å². The lowest BCUT2D eigenvalue weighted by atomic mass is 10.1. The number of rotatable bonds is 5. The van der Waals surface area contributed by atoms with Crippen LogP contribution in [0.25, 0.3) is 0 Å². The molecule has 0 N–H and O–H groups in total. The Morgan fingerprint density at radius 3 is 2.81 bits per heavy atom. The number of hydrogen-bond donors (Lipinski definition) is 0. The zero-order valence-corrected chi connectivity index (χ0v) is 16.8. The predicted molar refractivity (Wildman–Crippen MR) is 103 cm³/mol. The van der Waals surface area contributed by atoms with Gasteiger partial charge in [0.1, 0.15) is 0 Å². The van der Waals surface area contributed by atoms with Crippen LogP contribution in [0.1, 0.15) is 33.3 Å². The summed E-state index contributed by atoms with van der Waals surface area (Å²) in [5, 5.41) is 2.02. The van der Waals surface area contributed by atoms with Crippen LogP contribution in [-0.4, -0.2) is 44.1 Å². The molecule has 1 aromatic heterocycles. The Kier molecular flexibility index (Phi) is 5.67. The number of thiophene rings is 1. The van der Waals surface area contributed by atoms with Crippen molar-refractivity contribution in [3.05, 3.63) is 57.3 Å². The van der Waals surface area contributed by atoms with E-state index in [2.05, 4.69) is 0 Å². The van der Waals surface area contributed by atoms with E-state index in [-0.39, 0.29) is 17.2 Å². The van der Waals surface area contributed by atoms with Crippen molar-refractivity contribution in [3.63, 3.8) is 0 Å². The molecule has 0 spiro atoms. The van der Waals surface area contributed by atoms with Gasteiger partial charge in [0.15, 0.2) is 15.9 Å². The van der Waals surface area contributed by atoms with Crippen molar-refractivity contribution in [2.24, 2.45) is 0 Å². The summed E-state index contributed by atoms with van der Waals surface area (Å²) in [5.74, 6) is -1.02. The topological polar surface area (TPSA) is 80.8 Å². The smallest absolute Gasteiger partial charge is 0.338 e. The number of esters is 1. The molecule has 0 aliphatic carbocycles. The molecule has 2 heterocycles. The number of nitrogens with zero attached hydrogens (tertiary/aromatic N) is 1. The first kappa shape index (κ1) is 19.6. The molecule has 2 aromatic rings. The molecule has 27 heavy (non-hydrogen) atoms. The summed E-state index contributed by atoms with van der Waals surface area (Å²) in [4.78, 5) is 28.0. The van der Waals surface area contributed by atoms with Crippen LogP contribution in [0.5, 0.6) is 0 Å². The SMILES string of the molecule is CC(OC(=O)c1cccc(CS(C)(=O)=O)c1)C(=O)N1CCc2sccc2C1. The molecule has 0 saturated carbocycles. The van der Waals surface area contributed by atoms with Crippen LogP contribution in [-0.2, 0) is 38.1 Å². The third-order valence-corrected chi connectivity index (χ3v) is 6.22. The van der Waals surface area contributed by atoms with Gasteiger partial charge in [-0.3, -0.25) is 4.79 Å². The molecular weight excluding hydrogens is 386 g/mol. The van der Waals surface area contributed by atoms with Gasteiger partial charge in [0.2, 0.25) is 0 Å². The van der Waals surface area contributed by atoms with E-state index in [0.29, 0.717) is 18.7 Å². The van der Waals surface area contributed by atoms with Gasteiger partial charge in [-0.05, 0) is 48.1 Å². The summed E-state index contributed by atoms with van der Waals surface area (Å²) in [6.07, 6.45) is 1.04. The summed E-state index contributed by atoms with van der Waals surface area (Å²) in [7, 11) is -3.20. The maximum absolute atomic E-state index is 12.6. The molecule has 1 atom stereocenters. The molecule has 3 rings (SSSR count). The Balaban J connectivity index is 1.64. The molecule has 0 saturated heterocycles. The van der Waals surface area contributed by atoms with Crippen molar-refractivity contribution < 1.29 is 22.7 Å². The van der Waals surface area contributed by atoms with E-state index < -0.39 is 21.9 Å². The first-order valence-corrected chi connectivity index (χ1v) is 11.5. The largest absolute Gasteiger partial charge is 0.449 e. The fourth-order valence-electron chi connectivity index (χ4n) is 3.06. The van der Waals surface area contributed by atoms with Crippen LogP contribution in [0, 0.1) is 0 Å². The van der Waals surface area contributed by atoms with E-state index in [0.717, 1.165) is 18.2 Å². The number of carbonyl (C=O) groups is 2. The zero-order chi connectivity index (χ0) is 19.6. The molecule has 1 amide bonds. The average Bonchev–Trinajstić information content (AvgIpc) is 3.07. The van der Waals surface area contributed by atoms with Gasteiger partial charge in [-0.2, -0.15) is 0 Å². The molecule has 144 valence electrons. The Hall–Kier alpha value is -2.19. The van der Waals surface area contributed by atoms with Crippen molar-refractivity contribution in [1.29, 1.82) is 0 Å². The second-order valence-electron chi connectivity index (χ2n) is 6.70. The summed E-state index contributed by atoms with van der Waals surface area (Å²) >= 11 is 1.69. The first-order chi connectivity index (χ1) is 12.7. The van der Waals surface area contributed by atoms with Crippen LogP contribution >= 0.6 is 11.3 Å². The van der Waals surface area contributed by atoms with Gasteiger partial charge in [-0.1, -0.05) is 12.1 Å². The lowest BCUT2D eigenvalue weighted by Gasteiger charge is -2.29. The summed E-state index contributed by atoms with van der Waals surface area (Å²) < 4.78 is 28.2. The highest BCUT2D eigenvalue weighted by Crippen LogP contribution is 2.24. The quantitative estimate of drug-likeness (QED) is 0.711. The molecule has 8 heteroatoms. The minimum atomic E-state index is -3.20. The number of carbonyl (C=O) groups excluding carboxylic acids is 2. The fraction of sp³-hybridized carbons (Fsp3) is 0.368. The second kappa shape index (κ2) is 7.82. The molecule has 1 aliphatic rings. The minimum Gasteiger partial charge on any atom is -0.449 e. The second-order valence-corrected chi connectivity index (χ2v) is 9.84. The highest BCUT2D eigenvalue weighted by Gasteiger charge is 2.27. The zero-order valence-electron chi connectivity index (χ0n) is 15.2. The van der Waals surface area contributed by atoms with Gasteiger partial charge < -0.3 is 9.64 Å². The molecule has 6 nitrogen and oxygen atoms in total. The Morgan fingerprint density at radius 2 is 2.07 bits per heavy atom. The van der Waals surface area contributed by atoms with Crippen LogP contribution in [0.4, 0.5) is 0 Å². The van der Waals surface area contributed by atoms with E-state index in [9.17, 15) is 18.0 Å². The normalized spacial score (nSPS) is 15.1. The number of fused-ring (bicyclic) bond motifs is 1. The minimum absolute atomic E-state index is 0.153. The molecule has 0 bridgehead atoms. The van der Waals surface area contributed by atoms with Crippen molar-refractivity contribution in [2.75, 3.05) is 12.8 Å². The predicted octanol–water partition coefficient (Wildman–Crippen LogP) is 2.42. The summed E-state index contributed by atoms with van der Waals surface area (Å²) in [5.41, 5.74) is 1.88. The number of ether oxygens (including phenoxy) is 1. The molecule has 1 aliphatic heterocycles. The average molecular weight is 408 g/mol. The van der Waals surface area contributed by atoms with Gasteiger partial charge >= 0.3 is 5.97 Å². The molecular formula is C19H21NO5S2. The number of sulfone groups is 1. The van der Waals surface area contributed by atoms with Crippen LogP contribution in [0.2, 0.25) is 0 Å². The van der Waals surface area contributed by atoms with E-state index in [1.54, 1.807) is 41.4 Å². The number of benzene rings is 1. The van der Waals surface area contributed by atoms with Crippen LogP contribution in [0.3, 0.4) is 0 Å². The Labute approximate surface area is 162 Å². The molecule has 0 radical (unpaired) electrons. The van der Waals surface area contributed by atoms with E-state index >= 15 is 0 Å². The highest BCUT2D eigenvalue weighted by atomic mass is 32.2. The third-order valence-electron chi connectivity index (χ3n) is 4.34. The molecule has 1 aromatic carbocycles. The van der Waals surface area contributed by atoms with Crippen molar-refractivity contribution in [1.82, 2.24) is 4.90 Å². The fourth-order valence-corrected chi connectivity index (χ4v) is 4.74. The van der Waals surface area contributed by atoms with E-state index in [1.165, 1.54) is 10.9 Å². The maximum atomic E-state index is 12.6. The van der Waals surface area contributed by atoms with Gasteiger partial charge in [0.25, 0.3) is 5.91 Å². The van der Waals surface area contributed by atoms with Gasteiger partial charge in [-0.25, -0.2) is 13.2 Å². The lowest BCUT2D eigenvalue weighted by Crippen LogP contribution is -2.42. The van der Waals surface area contributed by atoms with E-state index in [4.69, 9.17) is 4.74 Å². The van der Waals surface area contributed by atoms with Crippen molar-refractivity contribution in [3.8, 4) is 0 Å². The highest BCUT2D eigenvalue weighted by molar-refractivity contribution is 7.89. The van der Waals surface area contributed by atoms with Gasteiger partial charge in [0, 0.05) is 24.2 Å². The monoisotopic (exact) mass is 407 g/mol.